The highest BCUT2D eigenvalue weighted by Crippen LogP contribution is 2.29. The molecule has 24 heavy (non-hydrogen) atoms. The summed E-state index contributed by atoms with van der Waals surface area (Å²) in [4.78, 5) is 6.44. The van der Waals surface area contributed by atoms with Crippen LogP contribution in [0.4, 0.5) is 5.82 Å². The number of hydrogen-bond acceptors (Lipinski definition) is 5. The third-order valence-corrected chi connectivity index (χ3v) is 4.38. The number of aliphatic hydroxyl groups excluding tert-OH is 1. The Morgan fingerprint density at radius 2 is 2.08 bits per heavy atom. The van der Waals surface area contributed by atoms with Gasteiger partial charge in [-0.25, -0.2) is 4.68 Å². The van der Waals surface area contributed by atoms with E-state index < -0.39 is 0 Å². The van der Waals surface area contributed by atoms with Gasteiger partial charge in [-0.3, -0.25) is 4.98 Å². The highest BCUT2D eigenvalue weighted by atomic mass is 16.5. The van der Waals surface area contributed by atoms with Crippen molar-refractivity contribution in [2.75, 3.05) is 31.2 Å². The van der Waals surface area contributed by atoms with E-state index in [0.717, 1.165) is 29.0 Å². The number of rotatable bonds is 3. The standard InChI is InChI=1S/C18H20N4O2/c1-13-2-4-14(5-3-13)22-17-10-19-7-6-16(17)18(20-22)21-8-9-24-15(11-21)12-23/h2-7,10,15,23H,8-9,11-12H2,1H3. The lowest BCUT2D eigenvalue weighted by Gasteiger charge is -2.32. The van der Waals surface area contributed by atoms with E-state index in [1.165, 1.54) is 5.56 Å². The minimum absolute atomic E-state index is 0.0225. The zero-order valence-electron chi connectivity index (χ0n) is 13.6. The molecular formula is C18H20N4O2. The summed E-state index contributed by atoms with van der Waals surface area (Å²) in [6, 6.07) is 10.3. The zero-order chi connectivity index (χ0) is 16.5. The van der Waals surface area contributed by atoms with Gasteiger partial charge in [-0.05, 0) is 25.1 Å². The molecule has 1 fully saturated rings. The second-order valence-corrected chi connectivity index (χ2v) is 6.09. The van der Waals surface area contributed by atoms with Crippen molar-refractivity contribution in [1.29, 1.82) is 0 Å². The Balaban J connectivity index is 1.80. The van der Waals surface area contributed by atoms with E-state index in [4.69, 9.17) is 9.84 Å². The fourth-order valence-electron chi connectivity index (χ4n) is 3.08. The van der Waals surface area contributed by atoms with Crippen LogP contribution in [0, 0.1) is 6.92 Å². The molecule has 3 aromatic rings. The average Bonchev–Trinajstić information content (AvgIpc) is 3.02. The van der Waals surface area contributed by atoms with Gasteiger partial charge in [0, 0.05) is 24.7 Å². The lowest BCUT2D eigenvalue weighted by molar-refractivity contribution is 0.00341. The largest absolute Gasteiger partial charge is 0.394 e. The number of aliphatic hydroxyl groups is 1. The van der Waals surface area contributed by atoms with Crippen LogP contribution in [0.15, 0.2) is 42.7 Å². The SMILES string of the molecule is Cc1ccc(-n2nc(N3CCOC(CO)C3)c3ccncc32)cc1. The lowest BCUT2D eigenvalue weighted by atomic mass is 10.2. The van der Waals surface area contributed by atoms with Crippen molar-refractivity contribution in [3.8, 4) is 5.69 Å². The topological polar surface area (TPSA) is 63.4 Å². The van der Waals surface area contributed by atoms with E-state index in [-0.39, 0.29) is 12.7 Å². The van der Waals surface area contributed by atoms with Crippen LogP contribution < -0.4 is 4.90 Å². The number of nitrogens with zero attached hydrogens (tertiary/aromatic N) is 4. The van der Waals surface area contributed by atoms with Crippen molar-refractivity contribution >= 4 is 16.7 Å². The molecule has 1 aliphatic rings. The Bertz CT molecular complexity index is 844. The Morgan fingerprint density at radius 1 is 1.25 bits per heavy atom. The van der Waals surface area contributed by atoms with Gasteiger partial charge >= 0.3 is 0 Å². The van der Waals surface area contributed by atoms with Gasteiger partial charge in [0.15, 0.2) is 5.82 Å². The van der Waals surface area contributed by atoms with Gasteiger partial charge in [0.05, 0.1) is 36.7 Å². The smallest absolute Gasteiger partial charge is 0.159 e. The fourth-order valence-corrected chi connectivity index (χ4v) is 3.08. The van der Waals surface area contributed by atoms with Gasteiger partial charge in [0.1, 0.15) is 0 Å². The third-order valence-electron chi connectivity index (χ3n) is 4.38. The molecule has 4 rings (SSSR count). The molecule has 0 saturated carbocycles. The Kier molecular flexibility index (Phi) is 3.92. The summed E-state index contributed by atoms with van der Waals surface area (Å²) in [7, 11) is 0. The van der Waals surface area contributed by atoms with Crippen LogP contribution in [0.25, 0.3) is 16.6 Å². The predicted molar refractivity (Wildman–Crippen MR) is 92.6 cm³/mol. The molecule has 6 heteroatoms. The molecule has 1 unspecified atom stereocenters. The molecule has 1 N–H and O–H groups in total. The maximum atomic E-state index is 9.39. The van der Waals surface area contributed by atoms with Gasteiger partial charge in [-0.2, -0.15) is 0 Å². The number of benzene rings is 1. The monoisotopic (exact) mass is 324 g/mol. The minimum Gasteiger partial charge on any atom is -0.394 e. The second kappa shape index (κ2) is 6.22. The molecule has 0 aliphatic carbocycles. The van der Waals surface area contributed by atoms with E-state index in [2.05, 4.69) is 41.1 Å². The van der Waals surface area contributed by atoms with Crippen LogP contribution in [-0.4, -0.2) is 52.3 Å². The number of pyridine rings is 1. The number of hydrogen-bond donors (Lipinski definition) is 1. The van der Waals surface area contributed by atoms with Crippen LogP contribution >= 0.6 is 0 Å². The fraction of sp³-hybridized carbons (Fsp3) is 0.333. The van der Waals surface area contributed by atoms with Crippen LogP contribution in [0.1, 0.15) is 5.56 Å². The number of anilines is 1. The van der Waals surface area contributed by atoms with E-state index in [0.29, 0.717) is 13.2 Å². The maximum Gasteiger partial charge on any atom is 0.159 e. The van der Waals surface area contributed by atoms with Crippen LogP contribution in [0.5, 0.6) is 0 Å². The van der Waals surface area contributed by atoms with E-state index >= 15 is 0 Å². The number of fused-ring (bicyclic) bond motifs is 1. The number of aromatic nitrogens is 3. The van der Waals surface area contributed by atoms with Crippen molar-refractivity contribution in [1.82, 2.24) is 14.8 Å². The first-order valence-electron chi connectivity index (χ1n) is 8.13. The van der Waals surface area contributed by atoms with Gasteiger partial charge in [0.2, 0.25) is 0 Å². The van der Waals surface area contributed by atoms with Gasteiger partial charge in [-0.1, -0.05) is 17.7 Å². The van der Waals surface area contributed by atoms with Gasteiger partial charge in [0.25, 0.3) is 0 Å². The summed E-state index contributed by atoms with van der Waals surface area (Å²) in [5.74, 6) is 0.912. The Labute approximate surface area is 140 Å². The molecule has 1 saturated heterocycles. The minimum atomic E-state index is -0.167. The van der Waals surface area contributed by atoms with E-state index in [1.807, 2.05) is 16.9 Å². The first-order valence-corrected chi connectivity index (χ1v) is 8.13. The predicted octanol–water partition coefficient (Wildman–Crippen LogP) is 1.93. The summed E-state index contributed by atoms with van der Waals surface area (Å²) >= 11 is 0. The van der Waals surface area contributed by atoms with Crippen molar-refractivity contribution in [2.45, 2.75) is 13.0 Å². The molecule has 124 valence electrons. The van der Waals surface area contributed by atoms with Crippen LogP contribution in [0.3, 0.4) is 0 Å². The summed E-state index contributed by atoms with van der Waals surface area (Å²) < 4.78 is 7.49. The van der Waals surface area contributed by atoms with E-state index in [1.54, 1.807) is 6.20 Å². The third kappa shape index (κ3) is 2.64. The van der Waals surface area contributed by atoms with Crippen LogP contribution in [-0.2, 0) is 4.74 Å². The molecule has 1 atom stereocenters. The Hall–Kier alpha value is -2.44. The highest BCUT2D eigenvalue weighted by Gasteiger charge is 2.24. The second-order valence-electron chi connectivity index (χ2n) is 6.09. The molecule has 1 aromatic carbocycles. The maximum absolute atomic E-state index is 9.39. The first kappa shape index (κ1) is 15.1. The van der Waals surface area contributed by atoms with Gasteiger partial charge < -0.3 is 14.7 Å². The number of aryl methyl sites for hydroxylation is 1. The number of ether oxygens (including phenoxy) is 1. The molecular weight excluding hydrogens is 304 g/mol. The molecule has 0 bridgehead atoms. The molecule has 0 amide bonds. The molecule has 0 radical (unpaired) electrons. The molecule has 1 aliphatic heterocycles. The van der Waals surface area contributed by atoms with Crippen molar-refractivity contribution in [2.24, 2.45) is 0 Å². The molecule has 2 aromatic heterocycles. The molecule has 3 heterocycles. The zero-order valence-corrected chi connectivity index (χ0v) is 13.6. The number of morpholine rings is 1. The highest BCUT2D eigenvalue weighted by molar-refractivity contribution is 5.91. The molecule has 6 nitrogen and oxygen atoms in total. The van der Waals surface area contributed by atoms with Gasteiger partial charge in [-0.15, -0.1) is 5.10 Å². The first-order chi connectivity index (χ1) is 11.8. The van der Waals surface area contributed by atoms with Crippen molar-refractivity contribution in [3.63, 3.8) is 0 Å². The lowest BCUT2D eigenvalue weighted by Crippen LogP contribution is -2.44. The summed E-state index contributed by atoms with van der Waals surface area (Å²) in [5, 5.41) is 15.3. The average molecular weight is 324 g/mol. The summed E-state index contributed by atoms with van der Waals surface area (Å²) in [6.07, 6.45) is 3.47. The van der Waals surface area contributed by atoms with Crippen molar-refractivity contribution in [3.05, 3.63) is 48.3 Å². The van der Waals surface area contributed by atoms with Crippen LogP contribution in [0.2, 0.25) is 0 Å². The Morgan fingerprint density at radius 3 is 2.88 bits per heavy atom. The quantitative estimate of drug-likeness (QED) is 0.797. The summed E-state index contributed by atoms with van der Waals surface area (Å²) in [5.41, 5.74) is 3.20. The van der Waals surface area contributed by atoms with Crippen molar-refractivity contribution < 1.29 is 9.84 Å². The normalized spacial score (nSPS) is 18.2. The van der Waals surface area contributed by atoms with E-state index in [9.17, 15) is 5.11 Å². The molecule has 0 spiro atoms. The summed E-state index contributed by atoms with van der Waals surface area (Å²) in [6.45, 7) is 4.09.